The topological polar surface area (TPSA) is 93.5 Å². The highest BCUT2D eigenvalue weighted by Gasteiger charge is 2.10. The monoisotopic (exact) mass is 335 g/mol. The third kappa shape index (κ3) is 6.66. The zero-order chi connectivity index (χ0) is 15.1. The lowest BCUT2D eigenvalue weighted by molar-refractivity contribution is -0.122. The number of rotatable bonds is 6. The second-order valence-electron chi connectivity index (χ2n) is 4.22. The summed E-state index contributed by atoms with van der Waals surface area (Å²) in [5, 5.41) is 5.72. The van der Waals surface area contributed by atoms with Crippen molar-refractivity contribution in [1.29, 1.82) is 0 Å². The van der Waals surface area contributed by atoms with Gasteiger partial charge in [0.25, 0.3) is 0 Å². The summed E-state index contributed by atoms with van der Waals surface area (Å²) in [6, 6.07) is 4.33. The van der Waals surface area contributed by atoms with E-state index >= 15 is 0 Å². The Bertz CT molecular complexity index is 496. The summed E-state index contributed by atoms with van der Waals surface area (Å²) < 4.78 is 5.12. The first kappa shape index (κ1) is 19.5. The molecule has 0 aliphatic heterocycles. The zero-order valence-corrected chi connectivity index (χ0v) is 13.4. The zero-order valence-electron chi connectivity index (χ0n) is 11.8. The highest BCUT2D eigenvalue weighted by Crippen LogP contribution is 2.27. The molecule has 1 aromatic carbocycles. The molecule has 118 valence electrons. The van der Waals surface area contributed by atoms with Crippen LogP contribution in [0.5, 0.6) is 5.75 Å². The van der Waals surface area contributed by atoms with E-state index in [2.05, 4.69) is 10.6 Å². The predicted octanol–water partition coefficient (Wildman–Crippen LogP) is 1.56. The molecule has 8 heteroatoms. The van der Waals surface area contributed by atoms with Crippen LogP contribution in [0.2, 0.25) is 5.02 Å². The highest BCUT2D eigenvalue weighted by atomic mass is 35.5. The molecule has 0 unspecified atom stereocenters. The van der Waals surface area contributed by atoms with Gasteiger partial charge in [0.1, 0.15) is 5.75 Å². The number of benzene rings is 1. The summed E-state index contributed by atoms with van der Waals surface area (Å²) in [4.78, 5) is 23.0. The van der Waals surface area contributed by atoms with Gasteiger partial charge in [0.2, 0.25) is 11.8 Å². The van der Waals surface area contributed by atoms with Gasteiger partial charge >= 0.3 is 0 Å². The van der Waals surface area contributed by atoms with Gasteiger partial charge in [-0.2, -0.15) is 0 Å². The summed E-state index contributed by atoms with van der Waals surface area (Å²) in [6.45, 7) is 1.79. The minimum atomic E-state index is -0.592. The van der Waals surface area contributed by atoms with Crippen molar-refractivity contribution in [3.63, 3.8) is 0 Å². The van der Waals surface area contributed by atoms with E-state index in [4.69, 9.17) is 22.1 Å². The molecule has 1 atom stereocenters. The minimum Gasteiger partial charge on any atom is -0.495 e. The van der Waals surface area contributed by atoms with Crippen LogP contribution in [0.25, 0.3) is 0 Å². The number of nitrogens with two attached hydrogens (primary N) is 1. The standard InChI is InChI=1S/C13H18ClN3O3.ClH/c1-8(15)13(19)16-6-5-12(18)17-10-7-9(14)3-4-11(10)20-2;/h3-4,7-8H,5-6,15H2,1-2H3,(H,16,19)(H,17,18);1H/t8-;/m1./s1. The molecule has 6 nitrogen and oxygen atoms in total. The fourth-order valence-electron chi connectivity index (χ4n) is 1.45. The van der Waals surface area contributed by atoms with E-state index in [-0.39, 0.29) is 37.2 Å². The number of methoxy groups -OCH3 is 1. The predicted molar refractivity (Wildman–Crippen MR) is 85.2 cm³/mol. The van der Waals surface area contributed by atoms with Crippen LogP contribution in [0.1, 0.15) is 13.3 Å². The SMILES string of the molecule is COc1ccc(Cl)cc1NC(=O)CCNC(=O)[C@@H](C)N.Cl. The van der Waals surface area contributed by atoms with Gasteiger partial charge in [-0.05, 0) is 25.1 Å². The molecular weight excluding hydrogens is 317 g/mol. The lowest BCUT2D eigenvalue weighted by atomic mass is 10.2. The van der Waals surface area contributed by atoms with Gasteiger partial charge in [-0.15, -0.1) is 12.4 Å². The minimum absolute atomic E-state index is 0. The third-order valence-electron chi connectivity index (χ3n) is 2.50. The molecular formula is C13H19Cl2N3O3. The van der Waals surface area contributed by atoms with Gasteiger partial charge < -0.3 is 21.1 Å². The second kappa shape index (κ2) is 9.44. The molecule has 4 N–H and O–H groups in total. The first-order valence-electron chi connectivity index (χ1n) is 6.10. The molecule has 0 heterocycles. The van der Waals surface area contributed by atoms with Crippen molar-refractivity contribution >= 4 is 41.5 Å². The molecule has 1 aromatic rings. The van der Waals surface area contributed by atoms with Gasteiger partial charge in [0, 0.05) is 18.0 Å². The van der Waals surface area contributed by atoms with Crippen molar-refractivity contribution in [2.45, 2.75) is 19.4 Å². The highest BCUT2D eigenvalue weighted by molar-refractivity contribution is 6.31. The molecule has 0 fully saturated rings. The van der Waals surface area contributed by atoms with Crippen LogP contribution in [-0.2, 0) is 9.59 Å². The molecule has 0 saturated carbocycles. The van der Waals surface area contributed by atoms with Gasteiger partial charge in [0.15, 0.2) is 0 Å². The largest absolute Gasteiger partial charge is 0.495 e. The number of hydrogen-bond donors (Lipinski definition) is 3. The van der Waals surface area contributed by atoms with E-state index in [1.165, 1.54) is 7.11 Å². The molecule has 0 aliphatic rings. The van der Waals surface area contributed by atoms with Crippen molar-refractivity contribution < 1.29 is 14.3 Å². The Labute approximate surface area is 134 Å². The van der Waals surface area contributed by atoms with Crippen LogP contribution >= 0.6 is 24.0 Å². The Morgan fingerprint density at radius 3 is 2.67 bits per heavy atom. The smallest absolute Gasteiger partial charge is 0.236 e. The van der Waals surface area contributed by atoms with Crippen molar-refractivity contribution in [2.24, 2.45) is 5.73 Å². The Morgan fingerprint density at radius 2 is 2.10 bits per heavy atom. The van der Waals surface area contributed by atoms with Gasteiger partial charge in [-0.25, -0.2) is 0 Å². The van der Waals surface area contributed by atoms with Crippen molar-refractivity contribution in [3.8, 4) is 5.75 Å². The molecule has 2 amide bonds. The van der Waals surface area contributed by atoms with Crippen LogP contribution in [0.3, 0.4) is 0 Å². The van der Waals surface area contributed by atoms with E-state index in [0.29, 0.717) is 16.5 Å². The summed E-state index contributed by atoms with van der Waals surface area (Å²) in [5.74, 6) is -0.0314. The summed E-state index contributed by atoms with van der Waals surface area (Å²) >= 11 is 5.86. The van der Waals surface area contributed by atoms with E-state index in [9.17, 15) is 9.59 Å². The maximum absolute atomic E-state index is 11.8. The van der Waals surface area contributed by atoms with Crippen LogP contribution in [0.4, 0.5) is 5.69 Å². The molecule has 0 spiro atoms. The van der Waals surface area contributed by atoms with Gasteiger partial charge in [-0.3, -0.25) is 9.59 Å². The first-order chi connectivity index (χ1) is 9.43. The molecule has 0 saturated heterocycles. The number of halogens is 2. The number of hydrogen-bond acceptors (Lipinski definition) is 4. The Hall–Kier alpha value is -1.50. The molecule has 0 aliphatic carbocycles. The lowest BCUT2D eigenvalue weighted by Gasteiger charge is -2.11. The van der Waals surface area contributed by atoms with Gasteiger partial charge in [0.05, 0.1) is 18.8 Å². The van der Waals surface area contributed by atoms with Crippen LogP contribution in [-0.4, -0.2) is 31.5 Å². The average Bonchev–Trinajstić information content (AvgIpc) is 2.38. The number of anilines is 1. The Balaban J connectivity index is 0.00000400. The number of carbonyl (C=O) groups excluding carboxylic acids is 2. The van der Waals surface area contributed by atoms with E-state index in [1.807, 2.05) is 0 Å². The molecule has 0 aromatic heterocycles. The summed E-state index contributed by atoms with van der Waals surface area (Å²) in [5.41, 5.74) is 5.88. The third-order valence-corrected chi connectivity index (χ3v) is 2.74. The fourth-order valence-corrected chi connectivity index (χ4v) is 1.62. The maximum Gasteiger partial charge on any atom is 0.236 e. The van der Waals surface area contributed by atoms with Crippen LogP contribution in [0.15, 0.2) is 18.2 Å². The molecule has 0 bridgehead atoms. The lowest BCUT2D eigenvalue weighted by Crippen LogP contribution is -2.39. The summed E-state index contributed by atoms with van der Waals surface area (Å²) in [7, 11) is 1.50. The van der Waals surface area contributed by atoms with Crippen molar-refractivity contribution in [1.82, 2.24) is 5.32 Å². The van der Waals surface area contributed by atoms with Crippen molar-refractivity contribution in [3.05, 3.63) is 23.2 Å². The Morgan fingerprint density at radius 1 is 1.43 bits per heavy atom. The van der Waals surface area contributed by atoms with E-state index < -0.39 is 6.04 Å². The van der Waals surface area contributed by atoms with Gasteiger partial charge in [-0.1, -0.05) is 11.6 Å². The fraction of sp³-hybridized carbons (Fsp3) is 0.385. The number of carbonyl (C=O) groups is 2. The average molecular weight is 336 g/mol. The molecule has 21 heavy (non-hydrogen) atoms. The van der Waals surface area contributed by atoms with Crippen LogP contribution < -0.4 is 21.1 Å². The number of ether oxygens (including phenoxy) is 1. The number of amides is 2. The number of nitrogens with one attached hydrogen (secondary N) is 2. The Kier molecular flexibility index (Phi) is 8.76. The van der Waals surface area contributed by atoms with Crippen molar-refractivity contribution in [2.75, 3.05) is 19.0 Å². The second-order valence-corrected chi connectivity index (χ2v) is 4.66. The summed E-state index contributed by atoms with van der Waals surface area (Å²) in [6.07, 6.45) is 0.133. The normalized spacial score (nSPS) is 11.0. The quantitative estimate of drug-likeness (QED) is 0.735. The molecule has 0 radical (unpaired) electrons. The van der Waals surface area contributed by atoms with E-state index in [1.54, 1.807) is 25.1 Å². The first-order valence-corrected chi connectivity index (χ1v) is 6.48. The van der Waals surface area contributed by atoms with Crippen LogP contribution in [0, 0.1) is 0 Å². The van der Waals surface area contributed by atoms with E-state index in [0.717, 1.165) is 0 Å². The molecule has 1 rings (SSSR count). The maximum atomic E-state index is 11.8.